The minimum absolute atomic E-state index is 0.0365. The van der Waals surface area contributed by atoms with E-state index in [0.717, 1.165) is 10.4 Å². The standard InChI is InChI=1S/C14H19NO2S2/c1-14(2,3)19-10-13(17)15-9-12-11(5-4-7-16)6-8-18-12/h6,8,16H,7,9-10H2,1-3H3,(H,15,17). The van der Waals surface area contributed by atoms with Crippen LogP contribution in [0.5, 0.6) is 0 Å². The molecule has 0 fully saturated rings. The number of nitrogens with one attached hydrogen (secondary N) is 1. The maximum absolute atomic E-state index is 11.7. The molecule has 104 valence electrons. The molecule has 0 radical (unpaired) electrons. The van der Waals surface area contributed by atoms with Crippen molar-refractivity contribution in [1.29, 1.82) is 0 Å². The second-order valence-electron chi connectivity index (χ2n) is 4.90. The number of rotatable bonds is 4. The van der Waals surface area contributed by atoms with E-state index < -0.39 is 0 Å². The highest BCUT2D eigenvalue weighted by molar-refractivity contribution is 8.01. The predicted molar refractivity (Wildman–Crippen MR) is 82.3 cm³/mol. The van der Waals surface area contributed by atoms with Crippen molar-refractivity contribution in [3.05, 3.63) is 21.9 Å². The van der Waals surface area contributed by atoms with Crippen molar-refractivity contribution in [3.63, 3.8) is 0 Å². The van der Waals surface area contributed by atoms with Crippen LogP contribution in [0.2, 0.25) is 0 Å². The van der Waals surface area contributed by atoms with Crippen molar-refractivity contribution >= 4 is 29.0 Å². The van der Waals surface area contributed by atoms with Gasteiger partial charge in [0.1, 0.15) is 6.61 Å². The number of amides is 1. The third-order valence-electron chi connectivity index (χ3n) is 2.13. The van der Waals surface area contributed by atoms with Crippen molar-refractivity contribution in [2.45, 2.75) is 32.1 Å². The molecule has 2 N–H and O–H groups in total. The largest absolute Gasteiger partial charge is 0.384 e. The molecule has 1 aromatic heterocycles. The molecule has 0 aliphatic carbocycles. The lowest BCUT2D eigenvalue weighted by molar-refractivity contribution is -0.118. The summed E-state index contributed by atoms with van der Waals surface area (Å²) in [6, 6.07) is 1.90. The number of carbonyl (C=O) groups excluding carboxylic acids is 1. The van der Waals surface area contributed by atoms with Crippen LogP contribution in [0.15, 0.2) is 11.4 Å². The summed E-state index contributed by atoms with van der Waals surface area (Å²) in [5.41, 5.74) is 0.878. The lowest BCUT2D eigenvalue weighted by Gasteiger charge is -2.16. The molecular formula is C14H19NO2S2. The molecule has 0 saturated heterocycles. The Morgan fingerprint density at radius 2 is 2.26 bits per heavy atom. The molecular weight excluding hydrogens is 278 g/mol. The zero-order valence-corrected chi connectivity index (χ0v) is 13.1. The average Bonchev–Trinajstić information content (AvgIpc) is 2.77. The number of aliphatic hydroxyl groups is 1. The highest BCUT2D eigenvalue weighted by Gasteiger charge is 2.13. The molecule has 3 nitrogen and oxygen atoms in total. The molecule has 19 heavy (non-hydrogen) atoms. The topological polar surface area (TPSA) is 49.3 Å². The van der Waals surface area contributed by atoms with Crippen molar-refractivity contribution in [2.75, 3.05) is 12.4 Å². The Kier molecular flexibility index (Phi) is 6.43. The first-order valence-corrected chi connectivity index (χ1v) is 7.85. The second-order valence-corrected chi connectivity index (χ2v) is 7.70. The number of thioether (sulfide) groups is 1. The number of hydrogen-bond donors (Lipinski definition) is 2. The van der Waals surface area contributed by atoms with Crippen LogP contribution in [-0.2, 0) is 11.3 Å². The SMILES string of the molecule is CC(C)(C)SCC(=O)NCc1sccc1C#CCO. The van der Waals surface area contributed by atoms with Crippen LogP contribution >= 0.6 is 23.1 Å². The summed E-state index contributed by atoms with van der Waals surface area (Å²) in [5.74, 6) is 6.00. The van der Waals surface area contributed by atoms with Crippen LogP contribution in [0.3, 0.4) is 0 Å². The van der Waals surface area contributed by atoms with Crippen LogP contribution in [0, 0.1) is 11.8 Å². The van der Waals surface area contributed by atoms with Gasteiger partial charge in [-0.15, -0.1) is 23.1 Å². The van der Waals surface area contributed by atoms with Crippen LogP contribution in [0.1, 0.15) is 31.2 Å². The van der Waals surface area contributed by atoms with Crippen LogP contribution in [0.25, 0.3) is 0 Å². The van der Waals surface area contributed by atoms with E-state index in [1.54, 1.807) is 23.1 Å². The van der Waals surface area contributed by atoms with Gasteiger partial charge in [0.25, 0.3) is 0 Å². The highest BCUT2D eigenvalue weighted by Crippen LogP contribution is 2.22. The lowest BCUT2D eigenvalue weighted by Crippen LogP contribution is -2.26. The highest BCUT2D eigenvalue weighted by atomic mass is 32.2. The van der Waals surface area contributed by atoms with E-state index in [1.165, 1.54) is 0 Å². The first-order valence-electron chi connectivity index (χ1n) is 5.99. The van der Waals surface area contributed by atoms with Gasteiger partial charge in [-0.3, -0.25) is 4.79 Å². The monoisotopic (exact) mass is 297 g/mol. The summed E-state index contributed by atoms with van der Waals surface area (Å²) in [5, 5.41) is 13.5. The van der Waals surface area contributed by atoms with Crippen molar-refractivity contribution in [3.8, 4) is 11.8 Å². The molecule has 1 aromatic rings. The predicted octanol–water partition coefficient (Wildman–Crippen LogP) is 2.24. The molecule has 1 rings (SSSR count). The van der Waals surface area contributed by atoms with Gasteiger partial charge in [0.2, 0.25) is 5.91 Å². The van der Waals surface area contributed by atoms with E-state index in [4.69, 9.17) is 5.11 Å². The molecule has 0 aliphatic heterocycles. The summed E-state index contributed by atoms with van der Waals surface area (Å²) < 4.78 is 0.0953. The van der Waals surface area contributed by atoms with Gasteiger partial charge in [-0.25, -0.2) is 0 Å². The molecule has 0 bridgehead atoms. The maximum Gasteiger partial charge on any atom is 0.230 e. The molecule has 0 aromatic carbocycles. The zero-order valence-electron chi connectivity index (χ0n) is 11.4. The normalized spacial score (nSPS) is 10.7. The van der Waals surface area contributed by atoms with Gasteiger partial charge in [0.15, 0.2) is 0 Å². The Hall–Kier alpha value is -0.960. The molecule has 0 atom stereocenters. The fourth-order valence-corrected chi connectivity index (χ4v) is 2.67. The lowest BCUT2D eigenvalue weighted by atomic mass is 10.2. The van der Waals surface area contributed by atoms with Crippen molar-refractivity contribution < 1.29 is 9.90 Å². The molecule has 0 aliphatic rings. The number of hydrogen-bond acceptors (Lipinski definition) is 4. The van der Waals surface area contributed by atoms with Crippen molar-refractivity contribution in [1.82, 2.24) is 5.32 Å². The summed E-state index contributed by atoms with van der Waals surface area (Å²) in [4.78, 5) is 12.7. The molecule has 0 saturated carbocycles. The molecule has 0 spiro atoms. The summed E-state index contributed by atoms with van der Waals surface area (Å²) in [6.07, 6.45) is 0. The van der Waals surface area contributed by atoms with E-state index in [-0.39, 0.29) is 17.3 Å². The van der Waals surface area contributed by atoms with Crippen LogP contribution < -0.4 is 5.32 Å². The van der Waals surface area contributed by atoms with E-state index in [9.17, 15) is 4.79 Å². The van der Waals surface area contributed by atoms with Gasteiger partial charge in [0, 0.05) is 15.2 Å². The maximum atomic E-state index is 11.7. The molecule has 1 heterocycles. The average molecular weight is 297 g/mol. The third-order valence-corrected chi connectivity index (χ3v) is 4.32. The van der Waals surface area contributed by atoms with Gasteiger partial charge in [-0.1, -0.05) is 32.6 Å². The van der Waals surface area contributed by atoms with Gasteiger partial charge in [-0.2, -0.15) is 0 Å². The van der Waals surface area contributed by atoms with Gasteiger partial charge in [0.05, 0.1) is 12.3 Å². The van der Waals surface area contributed by atoms with E-state index >= 15 is 0 Å². The van der Waals surface area contributed by atoms with Gasteiger partial charge < -0.3 is 10.4 Å². The first kappa shape index (κ1) is 16.1. The Morgan fingerprint density at radius 1 is 1.53 bits per heavy atom. The smallest absolute Gasteiger partial charge is 0.230 e. The fraction of sp³-hybridized carbons (Fsp3) is 0.500. The second kappa shape index (κ2) is 7.59. The van der Waals surface area contributed by atoms with Crippen LogP contribution in [-0.4, -0.2) is 28.1 Å². The fourth-order valence-electron chi connectivity index (χ4n) is 1.24. The van der Waals surface area contributed by atoms with Crippen molar-refractivity contribution in [2.24, 2.45) is 0 Å². The van der Waals surface area contributed by atoms with Crippen LogP contribution in [0.4, 0.5) is 0 Å². The van der Waals surface area contributed by atoms with E-state index in [1.807, 2.05) is 11.4 Å². The minimum Gasteiger partial charge on any atom is -0.384 e. The first-order chi connectivity index (χ1) is 8.92. The zero-order chi connectivity index (χ0) is 14.3. The summed E-state index contributed by atoms with van der Waals surface area (Å²) in [6.45, 7) is 6.62. The third kappa shape index (κ3) is 6.67. The van der Waals surface area contributed by atoms with E-state index in [0.29, 0.717) is 12.3 Å². The molecule has 5 heteroatoms. The quantitative estimate of drug-likeness (QED) is 0.838. The molecule has 1 amide bonds. The summed E-state index contributed by atoms with van der Waals surface area (Å²) in [7, 11) is 0. The van der Waals surface area contributed by atoms with Gasteiger partial charge >= 0.3 is 0 Å². The number of carbonyl (C=O) groups is 1. The van der Waals surface area contributed by atoms with E-state index in [2.05, 4.69) is 37.9 Å². The Balaban J connectivity index is 2.44. The minimum atomic E-state index is -0.149. The Bertz CT molecular complexity index is 478. The Labute approximate surface area is 122 Å². The number of thiophene rings is 1. The van der Waals surface area contributed by atoms with Gasteiger partial charge in [-0.05, 0) is 11.4 Å². The Morgan fingerprint density at radius 3 is 2.89 bits per heavy atom. The molecule has 0 unspecified atom stereocenters. The summed E-state index contributed by atoms with van der Waals surface area (Å²) >= 11 is 3.19. The number of aliphatic hydroxyl groups excluding tert-OH is 1.